The number of ether oxygens (including phenoxy) is 2. The highest BCUT2D eigenvalue weighted by molar-refractivity contribution is 6.80. The summed E-state index contributed by atoms with van der Waals surface area (Å²) in [5.41, 5.74) is 2.21. The molecule has 7 rings (SSSR count). The Balaban J connectivity index is 1.18. The van der Waals surface area contributed by atoms with Gasteiger partial charge in [0, 0.05) is 57.4 Å². The van der Waals surface area contributed by atoms with E-state index in [4.69, 9.17) is 9.47 Å². The number of aliphatic hydroxyl groups excluding tert-OH is 1. The van der Waals surface area contributed by atoms with Crippen molar-refractivity contribution in [3.8, 4) is 0 Å². The molecule has 1 N–H and O–H groups in total. The van der Waals surface area contributed by atoms with E-state index in [1.54, 1.807) is 0 Å². The van der Waals surface area contributed by atoms with Gasteiger partial charge in [-0.2, -0.15) is 0 Å². The van der Waals surface area contributed by atoms with Crippen LogP contribution >= 0.6 is 0 Å². The Morgan fingerprint density at radius 2 is 1.67 bits per heavy atom. The van der Waals surface area contributed by atoms with Gasteiger partial charge in [0.2, 0.25) is 11.8 Å². The predicted octanol–water partition coefficient (Wildman–Crippen LogP) is 7.05. The first-order chi connectivity index (χ1) is 25.1. The van der Waals surface area contributed by atoms with Gasteiger partial charge in [-0.3, -0.25) is 14.4 Å². The molecule has 6 atom stereocenters. The third-order valence-electron chi connectivity index (χ3n) is 15.4. The van der Waals surface area contributed by atoms with Crippen molar-refractivity contribution in [2.24, 2.45) is 17.8 Å². The Hall–Kier alpha value is -1.75. The van der Waals surface area contributed by atoms with E-state index in [0.29, 0.717) is 49.0 Å². The molecule has 2 unspecified atom stereocenters. The minimum atomic E-state index is -2.10. The van der Waals surface area contributed by atoms with Crippen LogP contribution in [0.4, 0.5) is 0 Å². The van der Waals surface area contributed by atoms with Gasteiger partial charge in [0.15, 0.2) is 5.60 Å². The minimum Gasteiger partial charge on any atom is -0.395 e. The Labute approximate surface area is 314 Å². The van der Waals surface area contributed by atoms with Crippen LogP contribution in [0.3, 0.4) is 0 Å². The highest BCUT2D eigenvalue weighted by Crippen LogP contribution is 2.61. The van der Waals surface area contributed by atoms with Gasteiger partial charge in [0.1, 0.15) is 0 Å². The number of methoxy groups -OCH3 is 1. The average Bonchev–Trinajstić information content (AvgIpc) is 3.57. The summed E-state index contributed by atoms with van der Waals surface area (Å²) in [5.74, 6) is 1.38. The number of aliphatic hydroxyl groups is 1. The molecule has 0 aromatic rings. The van der Waals surface area contributed by atoms with Crippen LogP contribution in [0.1, 0.15) is 129 Å². The van der Waals surface area contributed by atoms with Gasteiger partial charge in [-0.05, 0) is 99.1 Å². The second-order valence-corrected chi connectivity index (χ2v) is 23.7. The van der Waals surface area contributed by atoms with Crippen LogP contribution in [0.25, 0.3) is 0 Å². The molecule has 1 spiro atoms. The van der Waals surface area contributed by atoms with Crippen molar-refractivity contribution in [2.75, 3.05) is 39.9 Å². The summed E-state index contributed by atoms with van der Waals surface area (Å²) in [4.78, 5) is 48.3. The first-order valence-electron chi connectivity index (χ1n) is 21.5. The molecule has 9 nitrogen and oxygen atoms in total. The Morgan fingerprint density at radius 3 is 2.35 bits per heavy atom. The van der Waals surface area contributed by atoms with Crippen molar-refractivity contribution in [3.05, 3.63) is 11.3 Å². The molecule has 0 bridgehead atoms. The van der Waals surface area contributed by atoms with E-state index in [9.17, 15) is 14.7 Å². The Morgan fingerprint density at radius 1 is 0.942 bits per heavy atom. The minimum absolute atomic E-state index is 0.00448. The maximum absolute atomic E-state index is 15.3. The number of β-lactam (4-membered cyclic amide) rings is 1. The maximum atomic E-state index is 15.3. The highest BCUT2D eigenvalue weighted by Gasteiger charge is 2.67. The topological polar surface area (TPSA) is 99.6 Å². The molecule has 3 aliphatic heterocycles. The summed E-state index contributed by atoms with van der Waals surface area (Å²) in [6, 6.07) is 0.309. The zero-order valence-electron chi connectivity index (χ0n) is 32.9. The van der Waals surface area contributed by atoms with Crippen LogP contribution in [0.15, 0.2) is 11.3 Å². The van der Waals surface area contributed by atoms with E-state index in [0.717, 1.165) is 103 Å². The number of amides is 3. The fraction of sp³-hybridized carbons (Fsp3) is 0.881. The number of rotatable bonds is 12. The molecule has 10 heteroatoms. The number of nitrogens with zero attached hydrogens (tertiary/aromatic N) is 3. The van der Waals surface area contributed by atoms with Gasteiger partial charge in [-0.1, -0.05) is 58.5 Å². The molecule has 2 saturated heterocycles. The van der Waals surface area contributed by atoms with Gasteiger partial charge < -0.3 is 29.3 Å². The normalized spacial score (nSPS) is 36.1. The fourth-order valence-corrected chi connectivity index (χ4v) is 17.6. The third kappa shape index (κ3) is 7.21. The van der Waals surface area contributed by atoms with Crippen molar-refractivity contribution < 1.29 is 29.0 Å². The highest BCUT2D eigenvalue weighted by atomic mass is 28.3. The van der Waals surface area contributed by atoms with Crippen molar-refractivity contribution in [1.82, 2.24) is 14.7 Å². The summed E-state index contributed by atoms with van der Waals surface area (Å²) in [5, 5.41) is 10.1. The van der Waals surface area contributed by atoms with Crippen molar-refractivity contribution in [2.45, 2.75) is 177 Å². The number of allylic oxidation sites excluding steroid dienone is 1. The van der Waals surface area contributed by atoms with E-state index in [-0.39, 0.29) is 48.3 Å². The molecular formula is C42H69N3O6Si. The Kier molecular flexibility index (Phi) is 12.0. The molecule has 3 saturated carbocycles. The standard InChI is InChI=1S/C42H69N3O6Si/c1-29-40(52(3,4)34-19-17-33(50-2)18-20-34)37(26-39(48)43(23-24-46)27-30-11-6-5-7-12-30)51-42(29)35-15-8-9-16-36(35)45(41(42)49)28-31-13-10-14-32(25-31)44-22-21-38(44)47/h29-34,37,40,46H,5-28H2,1-4H3/t29-,31?,32?,33?,34?,37+,40-,42+/m1/s1. The lowest BCUT2D eigenvalue weighted by Gasteiger charge is -2.45. The van der Waals surface area contributed by atoms with E-state index in [2.05, 4.69) is 29.8 Å². The summed E-state index contributed by atoms with van der Waals surface area (Å²) < 4.78 is 13.2. The third-order valence-corrected chi connectivity index (χ3v) is 20.7. The summed E-state index contributed by atoms with van der Waals surface area (Å²) >= 11 is 0. The number of fused-ring (bicyclic) bond motifs is 1. The molecular weight excluding hydrogens is 671 g/mol. The van der Waals surface area contributed by atoms with Gasteiger partial charge in [0.25, 0.3) is 5.91 Å². The summed E-state index contributed by atoms with van der Waals surface area (Å²) in [6.45, 7) is 10.0. The second-order valence-electron chi connectivity index (χ2n) is 18.6. The molecule has 0 aromatic carbocycles. The molecule has 52 heavy (non-hydrogen) atoms. The molecule has 7 aliphatic rings. The quantitative estimate of drug-likeness (QED) is 0.170. The van der Waals surface area contributed by atoms with Crippen LogP contribution < -0.4 is 0 Å². The van der Waals surface area contributed by atoms with E-state index < -0.39 is 13.7 Å². The van der Waals surface area contributed by atoms with Crippen molar-refractivity contribution >= 4 is 25.8 Å². The van der Waals surface area contributed by atoms with Gasteiger partial charge in [-0.15, -0.1) is 0 Å². The lowest BCUT2D eigenvalue weighted by molar-refractivity contribution is -0.153. The second kappa shape index (κ2) is 16.2. The summed E-state index contributed by atoms with van der Waals surface area (Å²) in [7, 11) is -0.267. The van der Waals surface area contributed by atoms with Crippen LogP contribution in [0.5, 0.6) is 0 Å². The monoisotopic (exact) mass is 739 g/mol. The SMILES string of the molecule is COC1CCC([Si](C)(C)[C@H]2[C@H](CC(=O)N(CCO)CC3CCCCC3)O[C@@]3(C(=O)N(CC4CCCC(N5CCC5=O)C4)C4=C3CCCC4)[C@@H]2C)CC1. The number of hydrogen-bond acceptors (Lipinski definition) is 6. The van der Waals surface area contributed by atoms with Crippen LogP contribution in [0, 0.1) is 17.8 Å². The first kappa shape index (κ1) is 38.5. The molecule has 3 heterocycles. The predicted molar refractivity (Wildman–Crippen MR) is 205 cm³/mol. The van der Waals surface area contributed by atoms with Crippen molar-refractivity contribution in [1.29, 1.82) is 0 Å². The molecule has 3 amide bonds. The molecule has 5 fully saturated rings. The number of likely N-dealkylation sites (tertiary alicyclic amines) is 1. The van der Waals surface area contributed by atoms with Crippen molar-refractivity contribution in [3.63, 3.8) is 0 Å². The van der Waals surface area contributed by atoms with Crippen LogP contribution in [0.2, 0.25) is 24.2 Å². The fourth-order valence-electron chi connectivity index (χ4n) is 12.5. The van der Waals surface area contributed by atoms with Crippen LogP contribution in [-0.4, -0.2) is 109 Å². The van der Waals surface area contributed by atoms with E-state index in [1.807, 2.05) is 12.0 Å². The Bertz CT molecular complexity index is 1340. The van der Waals surface area contributed by atoms with Gasteiger partial charge in [-0.25, -0.2) is 0 Å². The number of carbonyl (C=O) groups is 3. The largest absolute Gasteiger partial charge is 0.395 e. The number of carbonyl (C=O) groups excluding carboxylic acids is 3. The maximum Gasteiger partial charge on any atom is 0.263 e. The lowest BCUT2D eigenvalue weighted by atomic mass is 9.78. The van der Waals surface area contributed by atoms with Gasteiger partial charge >= 0.3 is 0 Å². The van der Waals surface area contributed by atoms with Gasteiger partial charge in [0.05, 0.1) is 33.3 Å². The first-order valence-corrected chi connectivity index (χ1v) is 24.7. The van der Waals surface area contributed by atoms with E-state index in [1.165, 1.54) is 30.5 Å². The zero-order valence-corrected chi connectivity index (χ0v) is 33.9. The average molecular weight is 740 g/mol. The summed E-state index contributed by atoms with van der Waals surface area (Å²) in [6.07, 6.45) is 19.7. The smallest absolute Gasteiger partial charge is 0.263 e. The zero-order chi connectivity index (χ0) is 36.6. The lowest BCUT2D eigenvalue weighted by Crippen LogP contribution is -2.53. The molecule has 0 aromatic heterocycles. The van der Waals surface area contributed by atoms with E-state index >= 15 is 4.79 Å². The number of hydrogen-bond donors (Lipinski definition) is 1. The molecule has 4 aliphatic carbocycles. The molecule has 0 radical (unpaired) electrons. The molecule has 292 valence electrons. The van der Waals surface area contributed by atoms with Crippen LogP contribution in [-0.2, 0) is 23.9 Å².